The number of rotatable bonds is 8. The molecule has 3 heterocycles. The van der Waals surface area contributed by atoms with Crippen LogP contribution in [0, 0.1) is 17.8 Å². The van der Waals surface area contributed by atoms with Crippen LogP contribution < -0.4 is 10.6 Å². The van der Waals surface area contributed by atoms with Crippen molar-refractivity contribution in [3.63, 3.8) is 0 Å². The van der Waals surface area contributed by atoms with Gasteiger partial charge < -0.3 is 25.4 Å². The summed E-state index contributed by atoms with van der Waals surface area (Å²) >= 11 is 0. The van der Waals surface area contributed by atoms with Crippen LogP contribution in [0.3, 0.4) is 0 Å². The molecule has 8 nitrogen and oxygen atoms in total. The van der Waals surface area contributed by atoms with Crippen molar-refractivity contribution in [3.05, 3.63) is 35.9 Å². The molecule has 1 aromatic rings. The lowest BCUT2D eigenvalue weighted by Gasteiger charge is -2.37. The van der Waals surface area contributed by atoms with Gasteiger partial charge in [-0.15, -0.1) is 0 Å². The van der Waals surface area contributed by atoms with Crippen molar-refractivity contribution >= 4 is 17.7 Å². The zero-order valence-electron chi connectivity index (χ0n) is 22.2. The van der Waals surface area contributed by atoms with Crippen LogP contribution in [-0.2, 0) is 25.7 Å². The number of aliphatic hydroxyl groups is 1. The van der Waals surface area contributed by atoms with Gasteiger partial charge in [0.1, 0.15) is 11.6 Å². The van der Waals surface area contributed by atoms with E-state index in [2.05, 4.69) is 17.6 Å². The van der Waals surface area contributed by atoms with Crippen molar-refractivity contribution in [2.24, 2.45) is 17.8 Å². The highest BCUT2D eigenvalue weighted by molar-refractivity contribution is 5.99. The van der Waals surface area contributed by atoms with E-state index in [0.717, 1.165) is 31.2 Å². The maximum absolute atomic E-state index is 14.2. The lowest BCUT2D eigenvalue weighted by molar-refractivity contribution is -0.151. The lowest BCUT2D eigenvalue weighted by Crippen LogP contribution is -2.59. The van der Waals surface area contributed by atoms with Crippen LogP contribution in [0.2, 0.25) is 0 Å². The van der Waals surface area contributed by atoms with Gasteiger partial charge >= 0.3 is 0 Å². The molecule has 4 aliphatic rings. The Morgan fingerprint density at radius 1 is 1.16 bits per heavy atom. The van der Waals surface area contributed by atoms with Crippen LogP contribution in [-0.4, -0.2) is 63.7 Å². The van der Waals surface area contributed by atoms with Gasteiger partial charge in [0, 0.05) is 12.6 Å². The molecule has 3 N–H and O–H groups in total. The summed E-state index contributed by atoms with van der Waals surface area (Å²) in [5.41, 5.74) is -0.956. The molecular formula is C29H41N3O5. The first-order valence-corrected chi connectivity index (χ1v) is 14.0. The highest BCUT2D eigenvalue weighted by Crippen LogP contribution is 2.65. The summed E-state index contributed by atoms with van der Waals surface area (Å²) in [4.78, 5) is 43.4. The number of nitrogens with zero attached hydrogens (tertiary/aromatic N) is 1. The first kappa shape index (κ1) is 26.2. The Morgan fingerprint density at radius 2 is 1.86 bits per heavy atom. The van der Waals surface area contributed by atoms with Gasteiger partial charge in [0.05, 0.1) is 30.1 Å². The van der Waals surface area contributed by atoms with E-state index in [0.29, 0.717) is 19.4 Å². The van der Waals surface area contributed by atoms with Gasteiger partial charge in [-0.25, -0.2) is 0 Å². The third kappa shape index (κ3) is 4.16. The van der Waals surface area contributed by atoms with E-state index in [1.165, 1.54) is 6.42 Å². The normalized spacial score (nSPS) is 35.9. The zero-order valence-corrected chi connectivity index (χ0v) is 22.2. The van der Waals surface area contributed by atoms with Crippen molar-refractivity contribution in [1.29, 1.82) is 0 Å². The molecule has 3 amide bonds. The Labute approximate surface area is 219 Å². The molecule has 1 spiro atoms. The number of amides is 3. The minimum Gasteiger partial charge on any atom is -0.394 e. The van der Waals surface area contributed by atoms with E-state index in [1.54, 1.807) is 4.90 Å². The van der Waals surface area contributed by atoms with Crippen molar-refractivity contribution in [3.8, 4) is 0 Å². The number of benzene rings is 1. The summed E-state index contributed by atoms with van der Waals surface area (Å²) in [7, 11) is 0. The van der Waals surface area contributed by atoms with Crippen molar-refractivity contribution in [2.45, 2.75) is 102 Å². The molecule has 1 aromatic carbocycles. The van der Waals surface area contributed by atoms with Crippen molar-refractivity contribution < 1.29 is 24.2 Å². The molecule has 0 aromatic heterocycles. The summed E-state index contributed by atoms with van der Waals surface area (Å²) in [5, 5.41) is 16.5. The Bertz CT molecular complexity index is 1020. The molecule has 1 saturated carbocycles. The number of ether oxygens (including phenoxy) is 1. The van der Waals surface area contributed by atoms with Crippen LogP contribution >= 0.6 is 0 Å². The standard InChI is InChI=1S/C29H41N3O5/c1-4-21(17-33)32-24(26(35)31-20-13-9-6-10-14-20)29-15-18(2)28(3,37-29)22(23(29)27(32)36)25(34)30-16-19-11-7-5-8-12-19/h5,7-8,11-12,18,20-24,33H,4,6,9-10,13-17H2,1-3H3,(H,30,34)(H,31,35)/t18?,21-,22-,23-,24?,28+,29?/m0/s1. The quantitative estimate of drug-likeness (QED) is 0.497. The molecule has 5 rings (SSSR count). The molecule has 202 valence electrons. The van der Waals surface area contributed by atoms with E-state index in [4.69, 9.17) is 4.74 Å². The molecule has 37 heavy (non-hydrogen) atoms. The summed E-state index contributed by atoms with van der Waals surface area (Å²) in [6.07, 6.45) is 6.23. The second-order valence-corrected chi connectivity index (χ2v) is 11.7. The van der Waals surface area contributed by atoms with Gasteiger partial charge in [0.15, 0.2) is 0 Å². The number of hydrogen-bond donors (Lipinski definition) is 3. The third-order valence-corrected chi connectivity index (χ3v) is 9.62. The predicted molar refractivity (Wildman–Crippen MR) is 138 cm³/mol. The number of fused-ring (bicyclic) bond motifs is 1. The Kier molecular flexibility index (Phi) is 7.09. The largest absolute Gasteiger partial charge is 0.394 e. The molecule has 7 atom stereocenters. The van der Waals surface area contributed by atoms with Gasteiger partial charge in [-0.05, 0) is 44.1 Å². The van der Waals surface area contributed by atoms with Gasteiger partial charge in [-0.1, -0.05) is 63.4 Å². The zero-order chi connectivity index (χ0) is 26.4. The van der Waals surface area contributed by atoms with Gasteiger partial charge in [0.25, 0.3) is 0 Å². The van der Waals surface area contributed by atoms with E-state index >= 15 is 0 Å². The van der Waals surface area contributed by atoms with Crippen molar-refractivity contribution in [1.82, 2.24) is 15.5 Å². The Morgan fingerprint density at radius 3 is 2.51 bits per heavy atom. The molecule has 1 aliphatic carbocycles. The van der Waals surface area contributed by atoms with Crippen LogP contribution in [0.25, 0.3) is 0 Å². The molecule has 3 saturated heterocycles. The molecule has 0 radical (unpaired) electrons. The van der Waals surface area contributed by atoms with Crippen LogP contribution in [0.1, 0.15) is 71.3 Å². The van der Waals surface area contributed by atoms with Crippen LogP contribution in [0.4, 0.5) is 0 Å². The highest BCUT2D eigenvalue weighted by Gasteiger charge is 2.80. The number of aliphatic hydroxyl groups excluding tert-OH is 1. The number of carbonyl (C=O) groups is 3. The predicted octanol–water partition coefficient (Wildman–Crippen LogP) is 2.53. The van der Waals surface area contributed by atoms with Crippen molar-refractivity contribution in [2.75, 3.05) is 6.61 Å². The number of hydrogen-bond acceptors (Lipinski definition) is 5. The summed E-state index contributed by atoms with van der Waals surface area (Å²) in [5.74, 6) is -2.16. The summed E-state index contributed by atoms with van der Waals surface area (Å²) < 4.78 is 6.77. The lowest BCUT2D eigenvalue weighted by atomic mass is 9.62. The van der Waals surface area contributed by atoms with Crippen LogP contribution in [0.15, 0.2) is 30.3 Å². The minimum absolute atomic E-state index is 0.0110. The van der Waals surface area contributed by atoms with Crippen LogP contribution in [0.5, 0.6) is 0 Å². The van der Waals surface area contributed by atoms with E-state index < -0.39 is 35.1 Å². The highest BCUT2D eigenvalue weighted by atomic mass is 16.5. The fourth-order valence-electron chi connectivity index (χ4n) is 7.61. The first-order valence-electron chi connectivity index (χ1n) is 14.0. The topological polar surface area (TPSA) is 108 Å². The van der Waals surface area contributed by atoms with Gasteiger partial charge in [0.2, 0.25) is 17.7 Å². The molecule has 8 heteroatoms. The average Bonchev–Trinajstić information content (AvgIpc) is 3.41. The minimum atomic E-state index is -1.08. The summed E-state index contributed by atoms with van der Waals surface area (Å²) in [6.45, 7) is 6.00. The van der Waals surface area contributed by atoms with E-state index in [9.17, 15) is 19.5 Å². The maximum Gasteiger partial charge on any atom is 0.246 e. The molecule has 4 fully saturated rings. The number of likely N-dealkylation sites (tertiary alicyclic amines) is 1. The smallest absolute Gasteiger partial charge is 0.246 e. The third-order valence-electron chi connectivity index (χ3n) is 9.62. The van der Waals surface area contributed by atoms with Gasteiger partial charge in [-0.3, -0.25) is 14.4 Å². The molecule has 3 aliphatic heterocycles. The Hall–Kier alpha value is -2.45. The molecule has 2 bridgehead atoms. The second kappa shape index (κ2) is 10.0. The number of carbonyl (C=O) groups excluding carboxylic acids is 3. The average molecular weight is 512 g/mol. The Balaban J connectivity index is 1.48. The van der Waals surface area contributed by atoms with E-state index in [-0.39, 0.29) is 36.3 Å². The second-order valence-electron chi connectivity index (χ2n) is 11.7. The van der Waals surface area contributed by atoms with E-state index in [1.807, 2.05) is 44.2 Å². The SMILES string of the molecule is CC[C@@H](CO)N1C(=O)[C@@H]2[C@@H](C(=O)NCc3ccccc3)[C@]3(C)OC2(CC3C)C1C(=O)NC1CCCCC1. The molecular weight excluding hydrogens is 470 g/mol. The monoisotopic (exact) mass is 511 g/mol. The summed E-state index contributed by atoms with van der Waals surface area (Å²) in [6, 6.07) is 8.39. The first-order chi connectivity index (χ1) is 17.8. The molecule has 3 unspecified atom stereocenters. The number of nitrogens with one attached hydrogen (secondary N) is 2. The van der Waals surface area contributed by atoms with Gasteiger partial charge in [-0.2, -0.15) is 0 Å². The fraction of sp³-hybridized carbons (Fsp3) is 0.690. The fourth-order valence-corrected chi connectivity index (χ4v) is 7.61. The maximum atomic E-state index is 14.2.